The van der Waals surface area contributed by atoms with Crippen LogP contribution in [-0.4, -0.2) is 57.0 Å². The van der Waals surface area contributed by atoms with Gasteiger partial charge in [-0.25, -0.2) is 16.8 Å². The lowest BCUT2D eigenvalue weighted by Crippen LogP contribution is -2.50. The first-order valence-electron chi connectivity index (χ1n) is 8.66. The average molecular weight is 402 g/mol. The first-order valence-corrected chi connectivity index (χ1v) is 11.5. The quantitative estimate of drug-likeness (QED) is 0.771. The number of nitrogens with two attached hydrogens (primary N) is 1. The van der Waals surface area contributed by atoms with Gasteiger partial charge < -0.3 is 5.73 Å². The lowest BCUT2D eigenvalue weighted by molar-refractivity contribution is -0.122. The number of carbonyl (C=O) groups excluding carboxylic acids is 1. The molecule has 1 aromatic rings. The third-order valence-corrected chi connectivity index (χ3v) is 8.75. The van der Waals surface area contributed by atoms with Gasteiger partial charge in [0.1, 0.15) is 6.04 Å². The van der Waals surface area contributed by atoms with Gasteiger partial charge in [0.05, 0.1) is 9.79 Å². The molecule has 2 saturated heterocycles. The molecule has 0 spiro atoms. The van der Waals surface area contributed by atoms with Crippen LogP contribution in [0.5, 0.6) is 0 Å². The fourth-order valence-electron chi connectivity index (χ4n) is 3.47. The Hall–Kier alpha value is -1.49. The Labute approximate surface area is 154 Å². The van der Waals surface area contributed by atoms with E-state index in [1.807, 2.05) is 0 Å². The van der Waals surface area contributed by atoms with E-state index in [9.17, 15) is 21.6 Å². The van der Waals surface area contributed by atoms with E-state index in [-0.39, 0.29) is 16.3 Å². The molecule has 0 radical (unpaired) electrons. The number of carbonyl (C=O) groups is 1. The van der Waals surface area contributed by atoms with E-state index in [1.54, 1.807) is 0 Å². The second kappa shape index (κ2) is 7.26. The van der Waals surface area contributed by atoms with Crippen molar-refractivity contribution in [2.75, 3.05) is 19.6 Å². The first kappa shape index (κ1) is 19.3. The Balaban J connectivity index is 1.88. The lowest BCUT2D eigenvalue weighted by Gasteiger charge is -2.32. The normalized spacial score (nSPS) is 23.2. The Morgan fingerprint density at radius 1 is 0.846 bits per heavy atom. The van der Waals surface area contributed by atoms with Crippen LogP contribution >= 0.6 is 0 Å². The number of benzene rings is 1. The van der Waals surface area contributed by atoms with Crippen LogP contribution < -0.4 is 5.73 Å². The summed E-state index contributed by atoms with van der Waals surface area (Å²) in [5.74, 6) is -0.665. The molecule has 0 unspecified atom stereocenters. The second-order valence-corrected chi connectivity index (χ2v) is 10.4. The van der Waals surface area contributed by atoms with Gasteiger partial charge in [-0.15, -0.1) is 0 Å². The van der Waals surface area contributed by atoms with Crippen molar-refractivity contribution in [3.63, 3.8) is 0 Å². The van der Waals surface area contributed by atoms with E-state index in [0.29, 0.717) is 25.9 Å². The van der Waals surface area contributed by atoms with Crippen LogP contribution in [0.2, 0.25) is 0 Å². The van der Waals surface area contributed by atoms with Gasteiger partial charge in [0.25, 0.3) is 0 Å². The van der Waals surface area contributed by atoms with Gasteiger partial charge in [-0.1, -0.05) is 6.42 Å². The van der Waals surface area contributed by atoms with Gasteiger partial charge in [-0.2, -0.15) is 8.61 Å². The van der Waals surface area contributed by atoms with Crippen LogP contribution in [0.1, 0.15) is 32.1 Å². The molecule has 0 aliphatic carbocycles. The smallest absolute Gasteiger partial charge is 0.243 e. The van der Waals surface area contributed by atoms with Crippen molar-refractivity contribution in [1.29, 1.82) is 0 Å². The number of nitrogens with zero attached hydrogens (tertiary/aromatic N) is 2. The highest BCUT2D eigenvalue weighted by Gasteiger charge is 2.37. The van der Waals surface area contributed by atoms with Crippen molar-refractivity contribution in [3.8, 4) is 0 Å². The van der Waals surface area contributed by atoms with Gasteiger partial charge in [0.2, 0.25) is 26.0 Å². The molecule has 2 N–H and O–H groups in total. The molecule has 1 amide bonds. The molecule has 144 valence electrons. The summed E-state index contributed by atoms with van der Waals surface area (Å²) < 4.78 is 53.4. The summed E-state index contributed by atoms with van der Waals surface area (Å²) in [6.45, 7) is 1.19. The number of piperidine rings is 1. The van der Waals surface area contributed by atoms with Crippen molar-refractivity contribution in [2.24, 2.45) is 5.73 Å². The molecule has 0 aromatic heterocycles. The molecule has 8 nitrogen and oxygen atoms in total. The Morgan fingerprint density at radius 2 is 1.35 bits per heavy atom. The number of primary amides is 1. The molecule has 2 heterocycles. The largest absolute Gasteiger partial charge is 0.368 e. The predicted octanol–water partition coefficient (Wildman–Crippen LogP) is 0.500. The monoisotopic (exact) mass is 401 g/mol. The predicted molar refractivity (Wildman–Crippen MR) is 95.2 cm³/mol. The zero-order valence-electron chi connectivity index (χ0n) is 14.4. The maximum absolute atomic E-state index is 12.9. The van der Waals surface area contributed by atoms with E-state index >= 15 is 0 Å². The summed E-state index contributed by atoms with van der Waals surface area (Å²) >= 11 is 0. The minimum atomic E-state index is -3.91. The SMILES string of the molecule is NC(=O)[C@H]1CCCCN1S(=O)(=O)c1ccc(S(=O)(=O)N2CCCC2)cc1. The standard InChI is InChI=1S/C16H23N3O5S2/c17-16(20)15-5-1-2-12-19(15)26(23,24)14-8-6-13(7-9-14)25(21,22)18-10-3-4-11-18/h6-9,15H,1-5,10-12H2,(H2,17,20)/t15-/m1/s1. The summed E-state index contributed by atoms with van der Waals surface area (Å²) in [4.78, 5) is 11.6. The summed E-state index contributed by atoms with van der Waals surface area (Å²) in [6, 6.07) is 4.32. The molecular weight excluding hydrogens is 378 g/mol. The summed E-state index contributed by atoms with van der Waals surface area (Å²) in [5.41, 5.74) is 5.35. The zero-order chi connectivity index (χ0) is 18.9. The summed E-state index contributed by atoms with van der Waals surface area (Å²) in [7, 11) is -7.51. The minimum Gasteiger partial charge on any atom is -0.368 e. The molecular formula is C16H23N3O5S2. The zero-order valence-corrected chi connectivity index (χ0v) is 16.0. The van der Waals surface area contributed by atoms with Gasteiger partial charge >= 0.3 is 0 Å². The van der Waals surface area contributed by atoms with E-state index in [4.69, 9.17) is 5.73 Å². The fraction of sp³-hybridized carbons (Fsp3) is 0.562. The van der Waals surface area contributed by atoms with Crippen molar-refractivity contribution < 1.29 is 21.6 Å². The van der Waals surface area contributed by atoms with Crippen LogP contribution in [0.4, 0.5) is 0 Å². The molecule has 0 saturated carbocycles. The van der Waals surface area contributed by atoms with Crippen LogP contribution in [0.15, 0.2) is 34.1 Å². The molecule has 1 atom stereocenters. The highest BCUT2D eigenvalue weighted by Crippen LogP contribution is 2.27. The number of sulfonamides is 2. The average Bonchev–Trinajstić information content (AvgIpc) is 3.17. The van der Waals surface area contributed by atoms with Crippen molar-refractivity contribution in [2.45, 2.75) is 47.9 Å². The third kappa shape index (κ3) is 3.51. The van der Waals surface area contributed by atoms with Crippen molar-refractivity contribution in [1.82, 2.24) is 8.61 Å². The van der Waals surface area contributed by atoms with E-state index in [2.05, 4.69) is 0 Å². The number of amides is 1. The molecule has 2 aliphatic rings. The first-order chi connectivity index (χ1) is 12.2. The number of hydrogen-bond acceptors (Lipinski definition) is 5. The van der Waals surface area contributed by atoms with Crippen molar-refractivity contribution in [3.05, 3.63) is 24.3 Å². The molecule has 3 rings (SSSR count). The summed E-state index contributed by atoms with van der Waals surface area (Å²) in [6.07, 6.45) is 3.46. The molecule has 0 bridgehead atoms. The molecule has 2 fully saturated rings. The van der Waals surface area contributed by atoms with E-state index in [1.165, 1.54) is 28.6 Å². The lowest BCUT2D eigenvalue weighted by atomic mass is 10.0. The van der Waals surface area contributed by atoms with Gasteiger partial charge in [0, 0.05) is 19.6 Å². The van der Waals surface area contributed by atoms with Crippen LogP contribution in [-0.2, 0) is 24.8 Å². The molecule has 2 aliphatic heterocycles. The van der Waals surface area contributed by atoms with E-state index < -0.39 is 32.0 Å². The topological polar surface area (TPSA) is 118 Å². The Bertz CT molecular complexity index is 875. The molecule has 26 heavy (non-hydrogen) atoms. The number of hydrogen-bond donors (Lipinski definition) is 1. The highest BCUT2D eigenvalue weighted by molar-refractivity contribution is 7.89. The third-order valence-electron chi connectivity index (χ3n) is 4.92. The molecule has 10 heteroatoms. The molecule has 1 aromatic carbocycles. The van der Waals surface area contributed by atoms with Gasteiger partial charge in [0.15, 0.2) is 0 Å². The number of rotatable bonds is 5. The van der Waals surface area contributed by atoms with Crippen molar-refractivity contribution >= 4 is 26.0 Å². The Morgan fingerprint density at radius 3 is 1.88 bits per heavy atom. The van der Waals surface area contributed by atoms with Gasteiger partial charge in [-0.3, -0.25) is 4.79 Å². The maximum atomic E-state index is 12.9. The maximum Gasteiger partial charge on any atom is 0.243 e. The minimum absolute atomic E-state index is 0.0361. The van der Waals surface area contributed by atoms with Gasteiger partial charge in [-0.05, 0) is 49.9 Å². The second-order valence-electron chi connectivity index (χ2n) is 6.61. The fourth-order valence-corrected chi connectivity index (χ4v) is 6.66. The Kier molecular flexibility index (Phi) is 5.38. The summed E-state index contributed by atoms with van der Waals surface area (Å²) in [5, 5.41) is 0. The van der Waals surface area contributed by atoms with E-state index in [0.717, 1.165) is 23.6 Å². The van der Waals surface area contributed by atoms with Crippen LogP contribution in [0, 0.1) is 0 Å². The van der Waals surface area contributed by atoms with Crippen LogP contribution in [0.25, 0.3) is 0 Å². The van der Waals surface area contributed by atoms with Crippen LogP contribution in [0.3, 0.4) is 0 Å². The highest BCUT2D eigenvalue weighted by atomic mass is 32.2.